The van der Waals surface area contributed by atoms with Gasteiger partial charge in [-0.05, 0) is 63.1 Å². The summed E-state index contributed by atoms with van der Waals surface area (Å²) in [6.45, 7) is 7.81. The van der Waals surface area contributed by atoms with Crippen molar-refractivity contribution in [1.29, 1.82) is 0 Å². The van der Waals surface area contributed by atoms with Crippen LogP contribution in [0.15, 0.2) is 42.6 Å². The maximum absolute atomic E-state index is 12.2. The smallest absolute Gasteiger partial charge is 0.260 e. The lowest BCUT2D eigenvalue weighted by Gasteiger charge is -2.19. The Morgan fingerprint density at radius 3 is 2.61 bits per heavy atom. The molecule has 2 aromatic rings. The highest BCUT2D eigenvalue weighted by molar-refractivity contribution is 5.81. The number of carbonyl (C=O) groups is 1. The molecule has 122 valence electrons. The molecular formula is C19H24N2O2. The molecule has 0 saturated heterocycles. The summed E-state index contributed by atoms with van der Waals surface area (Å²) < 4.78 is 5.74. The number of amides is 1. The van der Waals surface area contributed by atoms with Crippen molar-refractivity contribution in [2.75, 3.05) is 0 Å². The van der Waals surface area contributed by atoms with Gasteiger partial charge in [-0.3, -0.25) is 9.78 Å². The molecule has 2 atom stereocenters. The molecule has 0 unspecified atom stereocenters. The van der Waals surface area contributed by atoms with E-state index in [2.05, 4.69) is 17.2 Å². The standard InChI is InChI=1S/C19H24N2O2/c1-13-8-9-18(11-14(13)2)23-16(4)19(22)21-15(3)12-17-7-5-6-10-20-17/h5-11,15-16H,12H2,1-4H3,(H,21,22)/t15-,16+/m1/s1. The van der Waals surface area contributed by atoms with Gasteiger partial charge in [-0.25, -0.2) is 0 Å². The van der Waals surface area contributed by atoms with Gasteiger partial charge in [-0.1, -0.05) is 12.1 Å². The lowest BCUT2D eigenvalue weighted by molar-refractivity contribution is -0.127. The average molecular weight is 312 g/mol. The van der Waals surface area contributed by atoms with Crippen LogP contribution in [0, 0.1) is 13.8 Å². The van der Waals surface area contributed by atoms with E-state index in [4.69, 9.17) is 4.74 Å². The lowest BCUT2D eigenvalue weighted by atomic mass is 10.1. The van der Waals surface area contributed by atoms with E-state index in [9.17, 15) is 4.79 Å². The predicted molar refractivity (Wildman–Crippen MR) is 91.6 cm³/mol. The molecule has 0 aliphatic heterocycles. The Morgan fingerprint density at radius 2 is 1.96 bits per heavy atom. The number of pyridine rings is 1. The van der Waals surface area contributed by atoms with Crippen molar-refractivity contribution in [3.05, 3.63) is 59.4 Å². The van der Waals surface area contributed by atoms with Crippen LogP contribution in [0.25, 0.3) is 0 Å². The minimum atomic E-state index is -0.539. The van der Waals surface area contributed by atoms with E-state index >= 15 is 0 Å². The maximum atomic E-state index is 12.2. The highest BCUT2D eigenvalue weighted by Gasteiger charge is 2.17. The van der Waals surface area contributed by atoms with E-state index in [1.54, 1.807) is 13.1 Å². The number of aromatic nitrogens is 1. The first-order valence-electron chi connectivity index (χ1n) is 7.90. The first-order chi connectivity index (χ1) is 11.0. The quantitative estimate of drug-likeness (QED) is 0.891. The number of hydrogen-bond donors (Lipinski definition) is 1. The summed E-state index contributed by atoms with van der Waals surface area (Å²) in [6.07, 6.45) is 1.92. The summed E-state index contributed by atoms with van der Waals surface area (Å²) in [4.78, 5) is 16.5. The summed E-state index contributed by atoms with van der Waals surface area (Å²) in [5, 5.41) is 2.97. The van der Waals surface area contributed by atoms with Crippen LogP contribution in [0.1, 0.15) is 30.7 Å². The molecule has 1 heterocycles. The number of nitrogens with one attached hydrogen (secondary N) is 1. The monoisotopic (exact) mass is 312 g/mol. The number of carbonyl (C=O) groups excluding carboxylic acids is 1. The van der Waals surface area contributed by atoms with Gasteiger partial charge in [0.1, 0.15) is 5.75 Å². The van der Waals surface area contributed by atoms with Gasteiger partial charge in [-0.15, -0.1) is 0 Å². The number of nitrogens with zero attached hydrogens (tertiary/aromatic N) is 1. The van der Waals surface area contributed by atoms with Crippen molar-refractivity contribution >= 4 is 5.91 Å². The molecule has 1 amide bonds. The number of benzene rings is 1. The molecule has 0 bridgehead atoms. The Bertz CT molecular complexity index is 656. The molecule has 2 rings (SSSR count). The summed E-state index contributed by atoms with van der Waals surface area (Å²) in [6, 6.07) is 11.6. The van der Waals surface area contributed by atoms with E-state index in [0.29, 0.717) is 12.2 Å². The third kappa shape index (κ3) is 5.09. The minimum absolute atomic E-state index is 0.00297. The second-order valence-corrected chi connectivity index (χ2v) is 5.94. The van der Waals surface area contributed by atoms with Crippen LogP contribution >= 0.6 is 0 Å². The SMILES string of the molecule is Cc1ccc(O[C@@H](C)C(=O)N[C@H](C)Cc2ccccn2)cc1C. The highest BCUT2D eigenvalue weighted by atomic mass is 16.5. The van der Waals surface area contributed by atoms with Crippen LogP contribution in [0.5, 0.6) is 5.75 Å². The fraction of sp³-hybridized carbons (Fsp3) is 0.368. The van der Waals surface area contributed by atoms with Gasteiger partial charge in [0.2, 0.25) is 0 Å². The Kier molecular flexibility index (Phi) is 5.74. The second-order valence-electron chi connectivity index (χ2n) is 5.94. The summed E-state index contributed by atoms with van der Waals surface area (Å²) in [5.74, 6) is 0.597. The Morgan fingerprint density at radius 1 is 1.17 bits per heavy atom. The molecule has 1 aromatic heterocycles. The molecule has 0 saturated carbocycles. The first-order valence-corrected chi connectivity index (χ1v) is 7.90. The molecule has 0 radical (unpaired) electrons. The Balaban J connectivity index is 1.87. The van der Waals surface area contributed by atoms with Crippen molar-refractivity contribution in [2.24, 2.45) is 0 Å². The molecule has 1 aromatic carbocycles. The Labute approximate surface area is 137 Å². The van der Waals surface area contributed by atoms with Gasteiger partial charge in [0, 0.05) is 24.4 Å². The Hall–Kier alpha value is -2.36. The zero-order chi connectivity index (χ0) is 16.8. The van der Waals surface area contributed by atoms with Crippen LogP contribution in [0.4, 0.5) is 0 Å². The van der Waals surface area contributed by atoms with E-state index < -0.39 is 6.10 Å². The minimum Gasteiger partial charge on any atom is -0.481 e. The van der Waals surface area contributed by atoms with Gasteiger partial charge in [0.15, 0.2) is 6.10 Å². The van der Waals surface area contributed by atoms with E-state index in [1.807, 2.05) is 50.2 Å². The fourth-order valence-electron chi connectivity index (χ4n) is 2.29. The number of rotatable bonds is 6. The molecule has 0 aliphatic carbocycles. The van der Waals surface area contributed by atoms with Gasteiger partial charge in [-0.2, -0.15) is 0 Å². The van der Waals surface area contributed by atoms with Gasteiger partial charge >= 0.3 is 0 Å². The van der Waals surface area contributed by atoms with Gasteiger partial charge in [0.05, 0.1) is 0 Å². The summed E-state index contributed by atoms with van der Waals surface area (Å²) in [7, 11) is 0. The van der Waals surface area contributed by atoms with Crippen molar-refractivity contribution in [3.8, 4) is 5.75 Å². The first kappa shape index (κ1) is 17.0. The topological polar surface area (TPSA) is 51.2 Å². The molecular weight excluding hydrogens is 288 g/mol. The third-order valence-corrected chi connectivity index (χ3v) is 3.79. The number of aryl methyl sites for hydroxylation is 2. The maximum Gasteiger partial charge on any atom is 0.260 e. The van der Waals surface area contributed by atoms with Gasteiger partial charge < -0.3 is 10.1 Å². The molecule has 4 heteroatoms. The van der Waals surface area contributed by atoms with Crippen LogP contribution in [0.3, 0.4) is 0 Å². The zero-order valence-electron chi connectivity index (χ0n) is 14.2. The van der Waals surface area contributed by atoms with Gasteiger partial charge in [0.25, 0.3) is 5.91 Å². The molecule has 0 spiro atoms. The zero-order valence-corrected chi connectivity index (χ0v) is 14.2. The average Bonchev–Trinajstić information content (AvgIpc) is 2.51. The number of hydrogen-bond acceptors (Lipinski definition) is 3. The molecule has 1 N–H and O–H groups in total. The van der Waals surface area contributed by atoms with Crippen molar-refractivity contribution < 1.29 is 9.53 Å². The second kappa shape index (κ2) is 7.77. The van der Waals surface area contributed by atoms with Crippen LogP contribution in [-0.4, -0.2) is 23.0 Å². The van der Waals surface area contributed by atoms with E-state index in [-0.39, 0.29) is 11.9 Å². The van der Waals surface area contributed by atoms with Crippen LogP contribution in [0.2, 0.25) is 0 Å². The third-order valence-electron chi connectivity index (χ3n) is 3.79. The van der Waals surface area contributed by atoms with Crippen molar-refractivity contribution in [1.82, 2.24) is 10.3 Å². The highest BCUT2D eigenvalue weighted by Crippen LogP contribution is 2.17. The van der Waals surface area contributed by atoms with Crippen molar-refractivity contribution in [3.63, 3.8) is 0 Å². The predicted octanol–water partition coefficient (Wildman–Crippen LogP) is 3.21. The lowest BCUT2D eigenvalue weighted by Crippen LogP contribution is -2.42. The molecule has 23 heavy (non-hydrogen) atoms. The number of ether oxygens (including phenoxy) is 1. The molecule has 0 aliphatic rings. The molecule has 0 fully saturated rings. The van der Waals surface area contributed by atoms with Crippen molar-refractivity contribution in [2.45, 2.75) is 46.3 Å². The van der Waals surface area contributed by atoms with E-state index in [0.717, 1.165) is 11.3 Å². The largest absolute Gasteiger partial charge is 0.481 e. The summed E-state index contributed by atoms with van der Waals surface area (Å²) in [5.41, 5.74) is 3.32. The van der Waals surface area contributed by atoms with E-state index in [1.165, 1.54) is 5.56 Å². The fourth-order valence-corrected chi connectivity index (χ4v) is 2.29. The van der Waals surface area contributed by atoms with Crippen LogP contribution in [-0.2, 0) is 11.2 Å². The normalized spacial score (nSPS) is 13.2. The molecule has 4 nitrogen and oxygen atoms in total. The summed E-state index contributed by atoms with van der Waals surface area (Å²) >= 11 is 0. The van der Waals surface area contributed by atoms with Crippen LogP contribution < -0.4 is 10.1 Å².